The molecule has 6 heteroatoms. The van der Waals surface area contributed by atoms with Gasteiger partial charge in [-0.15, -0.1) is 0 Å². The van der Waals surface area contributed by atoms with Gasteiger partial charge in [0.2, 0.25) is 0 Å². The molecule has 0 fully saturated rings. The average molecular weight is 328 g/mol. The van der Waals surface area contributed by atoms with Crippen molar-refractivity contribution in [2.45, 2.75) is 32.4 Å². The zero-order valence-electron chi connectivity index (χ0n) is 13.6. The second-order valence-electron chi connectivity index (χ2n) is 5.78. The maximum absolute atomic E-state index is 12.4. The van der Waals surface area contributed by atoms with Crippen molar-refractivity contribution in [1.82, 2.24) is 5.32 Å². The normalized spacial score (nSPS) is 13.1. The van der Waals surface area contributed by atoms with Gasteiger partial charge in [-0.1, -0.05) is 36.4 Å². The Bertz CT molecular complexity index is 731. The van der Waals surface area contributed by atoms with Crippen molar-refractivity contribution in [3.63, 3.8) is 0 Å². The fourth-order valence-corrected chi connectivity index (χ4v) is 2.38. The summed E-state index contributed by atoms with van der Waals surface area (Å²) in [5.41, 5.74) is 1.71. The summed E-state index contributed by atoms with van der Waals surface area (Å²) in [7, 11) is 0. The monoisotopic (exact) mass is 328 g/mol. The number of aryl methyl sites for hydroxylation is 1. The van der Waals surface area contributed by atoms with Gasteiger partial charge in [-0.25, -0.2) is 0 Å². The predicted molar refractivity (Wildman–Crippen MR) is 90.9 cm³/mol. The fourth-order valence-electron chi connectivity index (χ4n) is 2.38. The number of hydrogen-bond donors (Lipinski definition) is 2. The molecule has 1 amide bonds. The molecule has 0 aliphatic rings. The van der Waals surface area contributed by atoms with Crippen LogP contribution in [0.2, 0.25) is 0 Å². The molecular formula is C18H20N2O4. The van der Waals surface area contributed by atoms with Crippen LogP contribution >= 0.6 is 0 Å². The first kappa shape index (κ1) is 17.6. The molecular weight excluding hydrogens is 308 g/mol. The molecule has 6 nitrogen and oxygen atoms in total. The van der Waals surface area contributed by atoms with Crippen LogP contribution in [0.5, 0.6) is 0 Å². The summed E-state index contributed by atoms with van der Waals surface area (Å²) in [6, 6.07) is 13.1. The molecule has 126 valence electrons. The molecule has 0 aliphatic heterocycles. The Hall–Kier alpha value is -2.73. The van der Waals surface area contributed by atoms with Crippen molar-refractivity contribution in [2.24, 2.45) is 0 Å². The van der Waals surface area contributed by atoms with Crippen molar-refractivity contribution < 1.29 is 14.8 Å². The summed E-state index contributed by atoms with van der Waals surface area (Å²) >= 11 is 0. The summed E-state index contributed by atoms with van der Waals surface area (Å²) in [5.74, 6) is -0.434. The molecule has 0 saturated heterocycles. The molecule has 0 radical (unpaired) electrons. The third-order valence-corrected chi connectivity index (χ3v) is 3.90. The molecule has 0 spiro atoms. The predicted octanol–water partition coefficient (Wildman–Crippen LogP) is 2.63. The third kappa shape index (κ3) is 4.39. The van der Waals surface area contributed by atoms with E-state index in [9.17, 15) is 20.0 Å². The smallest absolute Gasteiger partial charge is 0.270 e. The zero-order chi connectivity index (χ0) is 17.7. The van der Waals surface area contributed by atoms with Crippen LogP contribution in [0, 0.1) is 17.0 Å². The van der Waals surface area contributed by atoms with E-state index in [4.69, 9.17) is 0 Å². The number of nitro groups is 1. The van der Waals surface area contributed by atoms with Gasteiger partial charge in [0.1, 0.15) is 0 Å². The van der Waals surface area contributed by atoms with Crippen LogP contribution in [0.25, 0.3) is 0 Å². The summed E-state index contributed by atoms with van der Waals surface area (Å²) < 4.78 is 0. The van der Waals surface area contributed by atoms with E-state index in [-0.39, 0.29) is 11.3 Å². The largest absolute Gasteiger partial charge is 0.391 e. The standard InChI is InChI=1S/C18H20N2O4/c1-12-8-9-15(20(23)24)11-16(12)18(22)19-13(2)17(21)10-14-6-4-3-5-7-14/h3-9,11,13,17,21H,10H2,1-2H3,(H,19,22). The van der Waals surface area contributed by atoms with E-state index >= 15 is 0 Å². The Balaban J connectivity index is 2.06. The minimum Gasteiger partial charge on any atom is -0.391 e. The molecule has 0 aromatic heterocycles. The number of carbonyl (C=O) groups excluding carboxylic acids is 1. The van der Waals surface area contributed by atoms with Crippen LogP contribution in [0.3, 0.4) is 0 Å². The molecule has 0 heterocycles. The average Bonchev–Trinajstić information content (AvgIpc) is 2.55. The third-order valence-electron chi connectivity index (χ3n) is 3.90. The van der Waals surface area contributed by atoms with Crippen molar-refractivity contribution in [3.05, 3.63) is 75.3 Å². The van der Waals surface area contributed by atoms with Crippen molar-refractivity contribution in [2.75, 3.05) is 0 Å². The highest BCUT2D eigenvalue weighted by atomic mass is 16.6. The number of nitrogens with zero attached hydrogens (tertiary/aromatic N) is 1. The summed E-state index contributed by atoms with van der Waals surface area (Å²) in [6.45, 7) is 3.42. The lowest BCUT2D eigenvalue weighted by atomic mass is 10.0. The van der Waals surface area contributed by atoms with E-state index in [0.29, 0.717) is 12.0 Å². The van der Waals surface area contributed by atoms with Crippen molar-refractivity contribution in [1.29, 1.82) is 0 Å². The number of nitro benzene ring substituents is 1. The van der Waals surface area contributed by atoms with Gasteiger partial charge in [-0.3, -0.25) is 14.9 Å². The number of aliphatic hydroxyl groups is 1. The lowest BCUT2D eigenvalue weighted by Gasteiger charge is -2.21. The number of benzene rings is 2. The maximum Gasteiger partial charge on any atom is 0.270 e. The first-order valence-corrected chi connectivity index (χ1v) is 7.66. The Labute approximate surface area is 140 Å². The van der Waals surface area contributed by atoms with Gasteiger partial charge in [0.15, 0.2) is 0 Å². The van der Waals surface area contributed by atoms with Crippen molar-refractivity contribution in [3.8, 4) is 0 Å². The van der Waals surface area contributed by atoms with E-state index in [1.54, 1.807) is 13.8 Å². The molecule has 0 aliphatic carbocycles. The minimum absolute atomic E-state index is 0.136. The number of non-ortho nitro benzene ring substituents is 1. The van der Waals surface area contributed by atoms with Crippen LogP contribution in [-0.2, 0) is 6.42 Å². The Morgan fingerprint density at radius 3 is 2.54 bits per heavy atom. The molecule has 2 aromatic carbocycles. The van der Waals surface area contributed by atoms with Gasteiger partial charge in [0.25, 0.3) is 11.6 Å². The topological polar surface area (TPSA) is 92.5 Å². The maximum atomic E-state index is 12.4. The highest BCUT2D eigenvalue weighted by molar-refractivity contribution is 5.96. The quantitative estimate of drug-likeness (QED) is 0.630. The van der Waals surface area contributed by atoms with Gasteiger partial charge in [-0.2, -0.15) is 0 Å². The number of rotatable bonds is 6. The summed E-state index contributed by atoms with van der Waals surface area (Å²) in [5, 5.41) is 23.8. The van der Waals surface area contributed by atoms with Crippen molar-refractivity contribution >= 4 is 11.6 Å². The molecule has 2 atom stereocenters. The first-order chi connectivity index (χ1) is 11.4. The molecule has 2 rings (SSSR count). The lowest BCUT2D eigenvalue weighted by molar-refractivity contribution is -0.384. The van der Waals surface area contributed by atoms with E-state index in [0.717, 1.165) is 5.56 Å². The number of amides is 1. The van der Waals surface area contributed by atoms with Gasteiger partial charge in [0, 0.05) is 24.1 Å². The first-order valence-electron chi connectivity index (χ1n) is 7.66. The second-order valence-corrected chi connectivity index (χ2v) is 5.78. The van der Waals surface area contributed by atoms with E-state index in [2.05, 4.69) is 5.32 Å². The fraction of sp³-hybridized carbons (Fsp3) is 0.278. The zero-order valence-corrected chi connectivity index (χ0v) is 13.6. The van der Waals surface area contributed by atoms with Gasteiger partial charge >= 0.3 is 0 Å². The molecule has 2 N–H and O–H groups in total. The van der Waals surface area contributed by atoms with Gasteiger partial charge in [-0.05, 0) is 25.0 Å². The second kappa shape index (κ2) is 7.70. The minimum atomic E-state index is -0.754. The van der Waals surface area contributed by atoms with Crippen LogP contribution in [0.4, 0.5) is 5.69 Å². The van der Waals surface area contributed by atoms with Gasteiger partial charge < -0.3 is 10.4 Å². The molecule has 2 aromatic rings. The van der Waals surface area contributed by atoms with Gasteiger partial charge in [0.05, 0.1) is 17.1 Å². The molecule has 0 bridgehead atoms. The Morgan fingerprint density at radius 1 is 1.25 bits per heavy atom. The molecule has 2 unspecified atom stereocenters. The highest BCUT2D eigenvalue weighted by Crippen LogP contribution is 2.17. The number of nitrogens with one attached hydrogen (secondary N) is 1. The number of carbonyl (C=O) groups is 1. The summed E-state index contributed by atoms with van der Waals surface area (Å²) in [4.78, 5) is 22.7. The van der Waals surface area contributed by atoms with E-state index < -0.39 is 23.0 Å². The number of hydrogen-bond acceptors (Lipinski definition) is 4. The molecule has 0 saturated carbocycles. The van der Waals surface area contributed by atoms with Crippen LogP contribution < -0.4 is 5.32 Å². The van der Waals surface area contributed by atoms with Crippen LogP contribution in [0.1, 0.15) is 28.4 Å². The summed E-state index contributed by atoms with van der Waals surface area (Å²) in [6.07, 6.45) is -0.341. The van der Waals surface area contributed by atoms with Crippen LogP contribution in [-0.4, -0.2) is 28.1 Å². The highest BCUT2D eigenvalue weighted by Gasteiger charge is 2.20. The number of aliphatic hydroxyl groups excluding tert-OH is 1. The molecule has 24 heavy (non-hydrogen) atoms. The Morgan fingerprint density at radius 2 is 1.92 bits per heavy atom. The van der Waals surface area contributed by atoms with E-state index in [1.807, 2.05) is 30.3 Å². The SMILES string of the molecule is Cc1ccc([N+](=O)[O-])cc1C(=O)NC(C)C(O)Cc1ccccc1. The lowest BCUT2D eigenvalue weighted by Crippen LogP contribution is -2.42. The van der Waals surface area contributed by atoms with E-state index in [1.165, 1.54) is 18.2 Å². The Kier molecular flexibility index (Phi) is 5.65. The van der Waals surface area contributed by atoms with Crippen LogP contribution in [0.15, 0.2) is 48.5 Å².